The molecule has 1 saturated heterocycles. The van der Waals surface area contributed by atoms with E-state index < -0.39 is 28.7 Å². The maximum absolute atomic E-state index is 13.4. The topological polar surface area (TPSA) is 73.6 Å². The highest BCUT2D eigenvalue weighted by Gasteiger charge is 2.50. The van der Waals surface area contributed by atoms with E-state index in [9.17, 15) is 22.8 Å². The van der Waals surface area contributed by atoms with Gasteiger partial charge in [0.1, 0.15) is 11.3 Å². The van der Waals surface area contributed by atoms with Gasteiger partial charge in [0.25, 0.3) is 5.91 Å². The molecule has 0 saturated carbocycles. The summed E-state index contributed by atoms with van der Waals surface area (Å²) in [5.74, 6) is -0.582. The Balaban J connectivity index is 1.97. The monoisotopic (exact) mass is 587 g/mol. The van der Waals surface area contributed by atoms with E-state index in [2.05, 4.69) is 22.6 Å². The second-order valence-corrected chi connectivity index (χ2v) is 9.01. The van der Waals surface area contributed by atoms with Crippen molar-refractivity contribution in [3.63, 3.8) is 0 Å². The predicted molar refractivity (Wildman–Crippen MR) is 128 cm³/mol. The molecule has 0 spiro atoms. The van der Waals surface area contributed by atoms with Gasteiger partial charge in [-0.1, -0.05) is 22.6 Å². The number of benzene rings is 2. The van der Waals surface area contributed by atoms with Gasteiger partial charge in [0.05, 0.1) is 29.3 Å². The zero-order chi connectivity index (χ0) is 24.6. The van der Waals surface area contributed by atoms with Gasteiger partial charge in [0, 0.05) is 10.1 Å². The van der Waals surface area contributed by atoms with Crippen LogP contribution in [0.4, 0.5) is 24.5 Å². The summed E-state index contributed by atoms with van der Waals surface area (Å²) in [5.41, 5.74) is -2.49. The largest absolute Gasteiger partial charge is 0.427 e. The number of ether oxygens (including phenoxy) is 1. The van der Waals surface area contributed by atoms with Gasteiger partial charge in [0.15, 0.2) is 5.11 Å². The fraction of sp³-hybridized carbons (Fsp3) is 0.273. The first-order valence-electron chi connectivity index (χ1n) is 9.58. The molecule has 1 aliphatic rings. The Morgan fingerprint density at radius 3 is 2.33 bits per heavy atom. The average molecular weight is 587 g/mol. The van der Waals surface area contributed by atoms with Crippen LogP contribution in [0.2, 0.25) is 0 Å². The molecule has 0 N–H and O–H groups in total. The molecule has 0 unspecified atom stereocenters. The maximum atomic E-state index is 13.4. The lowest BCUT2D eigenvalue weighted by molar-refractivity contribution is -0.138. The van der Waals surface area contributed by atoms with Gasteiger partial charge in [-0.2, -0.15) is 18.4 Å². The molecular formula is C22H17F3IN3O3S. The Hall–Kier alpha value is -2.72. The van der Waals surface area contributed by atoms with Gasteiger partial charge < -0.3 is 9.64 Å². The number of esters is 1. The number of hydrogen-bond acceptors (Lipinski definition) is 5. The number of nitrogens with zero attached hydrogens (tertiary/aromatic N) is 3. The van der Waals surface area contributed by atoms with Crippen LogP contribution in [-0.2, 0) is 15.8 Å². The maximum Gasteiger partial charge on any atom is 0.417 e. The number of carbonyl (C=O) groups is 2. The average Bonchev–Trinajstić information content (AvgIpc) is 2.92. The molecule has 0 radical (unpaired) electrons. The second-order valence-electron chi connectivity index (χ2n) is 7.56. The van der Waals surface area contributed by atoms with Gasteiger partial charge in [-0.05, 0) is 68.5 Å². The molecule has 3 rings (SSSR count). The molecule has 172 valence electrons. The lowest BCUT2D eigenvalue weighted by atomic mass is 10.0. The number of thiocarbonyl (C=S) groups is 1. The first-order valence-corrected chi connectivity index (χ1v) is 11.5. The number of hydrogen-bond donors (Lipinski definition) is 0. The first-order chi connectivity index (χ1) is 15.4. The van der Waals surface area contributed by atoms with Crippen molar-refractivity contribution in [3.05, 3.63) is 53.6 Å². The summed E-state index contributed by atoms with van der Waals surface area (Å²) < 4.78 is 46.1. The lowest BCUT2D eigenvalue weighted by Crippen LogP contribution is -2.44. The Labute approximate surface area is 207 Å². The molecule has 11 heteroatoms. The molecule has 2 aromatic rings. The highest BCUT2D eigenvalue weighted by molar-refractivity contribution is 14.1. The van der Waals surface area contributed by atoms with Crippen LogP contribution in [0.15, 0.2) is 42.5 Å². The van der Waals surface area contributed by atoms with Gasteiger partial charge in [-0.3, -0.25) is 14.5 Å². The highest BCUT2D eigenvalue weighted by atomic mass is 127. The third kappa shape index (κ3) is 4.81. The number of anilines is 2. The van der Waals surface area contributed by atoms with Crippen molar-refractivity contribution < 1.29 is 27.5 Å². The van der Waals surface area contributed by atoms with Crippen molar-refractivity contribution in [1.82, 2.24) is 0 Å². The van der Waals surface area contributed by atoms with E-state index in [4.69, 9.17) is 22.2 Å². The smallest absolute Gasteiger partial charge is 0.417 e. The van der Waals surface area contributed by atoms with Crippen LogP contribution in [-0.4, -0.2) is 27.0 Å². The number of nitriles is 1. The molecule has 1 fully saturated rings. The van der Waals surface area contributed by atoms with E-state index in [0.29, 0.717) is 15.9 Å². The molecule has 0 aromatic heterocycles. The molecular weight excluding hydrogens is 570 g/mol. The van der Waals surface area contributed by atoms with E-state index in [1.54, 1.807) is 38.1 Å². The fourth-order valence-electron chi connectivity index (χ4n) is 3.38. The number of rotatable bonds is 5. The Morgan fingerprint density at radius 2 is 1.79 bits per heavy atom. The summed E-state index contributed by atoms with van der Waals surface area (Å²) in [4.78, 5) is 27.4. The van der Waals surface area contributed by atoms with Gasteiger partial charge in [0.2, 0.25) is 0 Å². The highest BCUT2D eigenvalue weighted by Crippen LogP contribution is 2.39. The second kappa shape index (κ2) is 9.26. The predicted octanol–water partition coefficient (Wildman–Crippen LogP) is 5.22. The first kappa shape index (κ1) is 24.9. The van der Waals surface area contributed by atoms with E-state index in [-0.39, 0.29) is 23.2 Å². The van der Waals surface area contributed by atoms with Crippen LogP contribution in [0, 0.1) is 11.3 Å². The zero-order valence-corrected chi connectivity index (χ0v) is 20.4. The zero-order valence-electron chi connectivity index (χ0n) is 17.4. The fourth-order valence-corrected chi connectivity index (χ4v) is 4.34. The SMILES string of the molecule is CC1(C)C(=O)N(c2ccc(C#N)c(C(F)(F)F)c2)C(=S)N1c1ccc(OC(=O)CCI)cc1. The molecule has 1 aliphatic heterocycles. The van der Waals surface area contributed by atoms with Crippen molar-refractivity contribution in [2.75, 3.05) is 14.2 Å². The molecule has 2 aromatic carbocycles. The molecule has 6 nitrogen and oxygen atoms in total. The molecule has 0 aliphatic carbocycles. The summed E-state index contributed by atoms with van der Waals surface area (Å²) in [5, 5.41) is 9.01. The molecule has 1 amide bonds. The van der Waals surface area contributed by atoms with E-state index in [1.807, 2.05) is 0 Å². The van der Waals surface area contributed by atoms with Crippen LogP contribution in [0.5, 0.6) is 5.75 Å². The van der Waals surface area contributed by atoms with Crippen LogP contribution >= 0.6 is 34.8 Å². The normalized spacial score (nSPS) is 15.5. The van der Waals surface area contributed by atoms with Crippen LogP contribution in [0.25, 0.3) is 0 Å². The third-order valence-corrected chi connectivity index (χ3v) is 5.89. The van der Waals surface area contributed by atoms with Crippen LogP contribution in [0.3, 0.4) is 0 Å². The summed E-state index contributed by atoms with van der Waals surface area (Å²) in [6.07, 6.45) is -4.51. The van der Waals surface area contributed by atoms with Crippen LogP contribution < -0.4 is 14.5 Å². The Kier molecular flexibility index (Phi) is 6.99. The van der Waals surface area contributed by atoms with Gasteiger partial charge in [-0.15, -0.1) is 0 Å². The Morgan fingerprint density at radius 1 is 1.18 bits per heavy atom. The molecule has 0 atom stereocenters. The summed E-state index contributed by atoms with van der Waals surface area (Å²) in [6.45, 7) is 3.20. The number of halogens is 4. The van der Waals surface area contributed by atoms with E-state index >= 15 is 0 Å². The van der Waals surface area contributed by atoms with Crippen LogP contribution in [0.1, 0.15) is 31.4 Å². The van der Waals surface area contributed by atoms with Crippen molar-refractivity contribution in [3.8, 4) is 11.8 Å². The standard InChI is InChI=1S/C22H17F3IN3O3S/c1-21(2)19(31)28(15-4-3-13(12-27)17(11-15)22(23,24)25)20(33)29(21)14-5-7-16(8-6-14)32-18(30)9-10-26/h3-8,11H,9-10H2,1-2H3. The summed E-state index contributed by atoms with van der Waals surface area (Å²) >= 11 is 7.55. The van der Waals surface area contributed by atoms with E-state index in [0.717, 1.165) is 17.0 Å². The quantitative estimate of drug-likeness (QED) is 0.157. The minimum atomic E-state index is -4.77. The number of alkyl halides is 4. The van der Waals surface area contributed by atoms with Gasteiger partial charge >= 0.3 is 12.1 Å². The van der Waals surface area contributed by atoms with Crippen molar-refractivity contribution in [1.29, 1.82) is 5.26 Å². The number of amides is 1. The Bertz CT molecular complexity index is 1160. The van der Waals surface area contributed by atoms with Crippen molar-refractivity contribution in [2.24, 2.45) is 0 Å². The summed E-state index contributed by atoms with van der Waals surface area (Å²) in [6, 6.07) is 10.9. The molecule has 1 heterocycles. The third-order valence-electron chi connectivity index (χ3n) is 4.98. The van der Waals surface area contributed by atoms with E-state index in [1.165, 1.54) is 17.0 Å². The van der Waals surface area contributed by atoms with Crippen molar-refractivity contribution >= 4 is 63.2 Å². The molecule has 33 heavy (non-hydrogen) atoms. The summed E-state index contributed by atoms with van der Waals surface area (Å²) in [7, 11) is 0. The number of carbonyl (C=O) groups excluding carboxylic acids is 2. The lowest BCUT2D eigenvalue weighted by Gasteiger charge is -2.29. The molecule has 0 bridgehead atoms. The minimum Gasteiger partial charge on any atom is -0.427 e. The van der Waals surface area contributed by atoms with Gasteiger partial charge in [-0.25, -0.2) is 0 Å². The minimum absolute atomic E-state index is 0.0162. The van der Waals surface area contributed by atoms with Crippen molar-refractivity contribution in [2.45, 2.75) is 32.0 Å².